The third-order valence-electron chi connectivity index (χ3n) is 3.97. The van der Waals surface area contributed by atoms with Crippen LogP contribution in [0.15, 0.2) is 24.3 Å². The van der Waals surface area contributed by atoms with Crippen LogP contribution in [0.2, 0.25) is 0 Å². The maximum atomic E-state index is 12.3. The van der Waals surface area contributed by atoms with Crippen molar-refractivity contribution < 1.29 is 9.59 Å². The van der Waals surface area contributed by atoms with Crippen LogP contribution >= 0.6 is 0 Å². The van der Waals surface area contributed by atoms with Gasteiger partial charge in [0.1, 0.15) is 0 Å². The second kappa shape index (κ2) is 6.72. The maximum Gasteiger partial charge on any atom is 0.241 e. The Morgan fingerprint density at radius 3 is 2.90 bits per heavy atom. The quantitative estimate of drug-likeness (QED) is 0.880. The maximum absolute atomic E-state index is 12.3. The number of carbonyl (C=O) groups excluding carboxylic acids is 2. The van der Waals surface area contributed by atoms with Crippen LogP contribution in [0.3, 0.4) is 0 Å². The van der Waals surface area contributed by atoms with E-state index in [-0.39, 0.29) is 23.9 Å². The van der Waals surface area contributed by atoms with Gasteiger partial charge >= 0.3 is 0 Å². The molecule has 0 radical (unpaired) electrons. The SMILES string of the molecule is CCN(C)C(=O)C(C)NC1CCc2ccccc2NC1=O. The van der Waals surface area contributed by atoms with Crippen molar-refractivity contribution in [1.29, 1.82) is 0 Å². The molecule has 2 unspecified atom stereocenters. The van der Waals surface area contributed by atoms with Crippen LogP contribution in [-0.4, -0.2) is 42.4 Å². The summed E-state index contributed by atoms with van der Waals surface area (Å²) in [6.07, 6.45) is 1.51. The smallest absolute Gasteiger partial charge is 0.241 e. The molecule has 5 heteroatoms. The number of hydrogen-bond acceptors (Lipinski definition) is 3. The van der Waals surface area contributed by atoms with Crippen LogP contribution in [0.1, 0.15) is 25.8 Å². The molecule has 0 spiro atoms. The molecule has 0 fully saturated rings. The Balaban J connectivity index is 2.03. The molecular formula is C16H23N3O2. The van der Waals surface area contributed by atoms with Crippen molar-refractivity contribution in [3.8, 4) is 0 Å². The van der Waals surface area contributed by atoms with Gasteiger partial charge in [-0.05, 0) is 38.3 Å². The largest absolute Gasteiger partial charge is 0.345 e. The van der Waals surface area contributed by atoms with Gasteiger partial charge in [0.25, 0.3) is 0 Å². The highest BCUT2D eigenvalue weighted by atomic mass is 16.2. The molecule has 0 saturated carbocycles. The summed E-state index contributed by atoms with van der Waals surface area (Å²) in [5.74, 6) is -0.0641. The normalized spacial score (nSPS) is 19.2. The standard InChI is InChI=1S/C16H23N3O2/c1-4-19(3)16(21)11(2)17-14-10-9-12-7-5-6-8-13(12)18-15(14)20/h5-8,11,14,17H,4,9-10H2,1-3H3,(H,18,20). The van der Waals surface area contributed by atoms with Crippen molar-refractivity contribution in [3.63, 3.8) is 0 Å². The van der Waals surface area contributed by atoms with Crippen molar-refractivity contribution in [1.82, 2.24) is 10.2 Å². The molecule has 1 aliphatic heterocycles. The number of fused-ring (bicyclic) bond motifs is 1. The van der Waals surface area contributed by atoms with E-state index < -0.39 is 0 Å². The molecule has 2 N–H and O–H groups in total. The summed E-state index contributed by atoms with van der Waals surface area (Å²) in [4.78, 5) is 26.0. The first-order chi connectivity index (χ1) is 10.0. The number of carbonyl (C=O) groups is 2. The van der Waals surface area contributed by atoms with E-state index in [1.165, 1.54) is 0 Å². The summed E-state index contributed by atoms with van der Waals surface area (Å²) in [6.45, 7) is 4.40. The van der Waals surface area contributed by atoms with Crippen molar-refractivity contribution in [2.24, 2.45) is 0 Å². The van der Waals surface area contributed by atoms with Gasteiger partial charge in [0.15, 0.2) is 0 Å². The molecule has 5 nitrogen and oxygen atoms in total. The zero-order chi connectivity index (χ0) is 15.4. The Morgan fingerprint density at radius 1 is 1.48 bits per heavy atom. The van der Waals surface area contributed by atoms with Crippen LogP contribution < -0.4 is 10.6 Å². The number of benzene rings is 1. The molecule has 1 aromatic carbocycles. The summed E-state index contributed by atoms with van der Waals surface area (Å²) >= 11 is 0. The van der Waals surface area contributed by atoms with Gasteiger partial charge < -0.3 is 10.2 Å². The molecule has 2 rings (SSSR count). The molecule has 2 amide bonds. The molecular weight excluding hydrogens is 266 g/mol. The van der Waals surface area contributed by atoms with E-state index in [9.17, 15) is 9.59 Å². The summed E-state index contributed by atoms with van der Waals surface area (Å²) in [5, 5.41) is 6.09. The number of hydrogen-bond donors (Lipinski definition) is 2. The van der Waals surface area contributed by atoms with E-state index in [2.05, 4.69) is 10.6 Å². The number of nitrogens with zero attached hydrogens (tertiary/aromatic N) is 1. The van der Waals surface area contributed by atoms with Gasteiger partial charge in [0.2, 0.25) is 11.8 Å². The fraction of sp³-hybridized carbons (Fsp3) is 0.500. The van der Waals surface area contributed by atoms with Crippen molar-refractivity contribution in [2.45, 2.75) is 38.8 Å². The summed E-state index contributed by atoms with van der Waals surface area (Å²) in [5.41, 5.74) is 2.01. The van der Waals surface area contributed by atoms with Crippen LogP contribution in [-0.2, 0) is 16.0 Å². The minimum atomic E-state index is -0.369. The molecule has 0 aromatic heterocycles. The van der Waals surface area contributed by atoms with Gasteiger partial charge in [-0.1, -0.05) is 18.2 Å². The van der Waals surface area contributed by atoms with Gasteiger partial charge in [-0.2, -0.15) is 0 Å². The number of aryl methyl sites for hydroxylation is 1. The highest BCUT2D eigenvalue weighted by Crippen LogP contribution is 2.21. The van der Waals surface area contributed by atoms with Crippen LogP contribution in [0.5, 0.6) is 0 Å². The average molecular weight is 289 g/mol. The number of amides is 2. The lowest BCUT2D eigenvalue weighted by Gasteiger charge is -2.24. The van der Waals surface area contributed by atoms with E-state index in [1.54, 1.807) is 18.9 Å². The van der Waals surface area contributed by atoms with Crippen LogP contribution in [0, 0.1) is 0 Å². The highest BCUT2D eigenvalue weighted by Gasteiger charge is 2.27. The van der Waals surface area contributed by atoms with Crippen LogP contribution in [0.4, 0.5) is 5.69 Å². The van der Waals surface area contributed by atoms with E-state index >= 15 is 0 Å². The number of para-hydroxylation sites is 1. The van der Waals surface area contributed by atoms with E-state index in [0.29, 0.717) is 13.0 Å². The fourth-order valence-electron chi connectivity index (χ4n) is 2.53. The molecule has 0 aliphatic carbocycles. The Kier molecular flexibility index (Phi) is 4.96. The predicted octanol–water partition coefficient (Wildman–Crippen LogP) is 1.40. The van der Waals surface area contributed by atoms with Crippen molar-refractivity contribution in [2.75, 3.05) is 18.9 Å². The van der Waals surface area contributed by atoms with Gasteiger partial charge in [0, 0.05) is 19.3 Å². The lowest BCUT2D eigenvalue weighted by atomic mass is 10.1. The molecule has 1 heterocycles. The molecule has 0 bridgehead atoms. The van der Waals surface area contributed by atoms with Crippen molar-refractivity contribution in [3.05, 3.63) is 29.8 Å². The first kappa shape index (κ1) is 15.5. The first-order valence-electron chi connectivity index (χ1n) is 7.42. The van der Waals surface area contributed by atoms with Crippen LogP contribution in [0.25, 0.3) is 0 Å². The van der Waals surface area contributed by atoms with Gasteiger partial charge in [-0.3, -0.25) is 14.9 Å². The predicted molar refractivity (Wildman–Crippen MR) is 83.1 cm³/mol. The molecule has 2 atom stereocenters. The van der Waals surface area contributed by atoms with E-state index in [1.807, 2.05) is 31.2 Å². The molecule has 1 aromatic rings. The van der Waals surface area contributed by atoms with Crippen molar-refractivity contribution >= 4 is 17.5 Å². The van der Waals surface area contributed by atoms with Gasteiger partial charge in [0.05, 0.1) is 12.1 Å². The number of likely N-dealkylation sites (N-methyl/N-ethyl adjacent to an activating group) is 1. The zero-order valence-corrected chi connectivity index (χ0v) is 12.8. The summed E-state index contributed by atoms with van der Waals surface area (Å²) in [6, 6.07) is 7.11. The molecule has 114 valence electrons. The van der Waals surface area contributed by atoms with E-state index in [0.717, 1.165) is 17.7 Å². The summed E-state index contributed by atoms with van der Waals surface area (Å²) < 4.78 is 0. The van der Waals surface area contributed by atoms with Gasteiger partial charge in [-0.15, -0.1) is 0 Å². The third kappa shape index (κ3) is 3.61. The second-order valence-corrected chi connectivity index (χ2v) is 5.48. The Hall–Kier alpha value is -1.88. The molecule has 21 heavy (non-hydrogen) atoms. The lowest BCUT2D eigenvalue weighted by Crippen LogP contribution is -2.50. The number of rotatable bonds is 4. The lowest BCUT2D eigenvalue weighted by molar-refractivity contribution is -0.132. The highest BCUT2D eigenvalue weighted by molar-refractivity contribution is 5.96. The second-order valence-electron chi connectivity index (χ2n) is 5.48. The molecule has 0 saturated heterocycles. The zero-order valence-electron chi connectivity index (χ0n) is 12.8. The average Bonchev–Trinajstić information content (AvgIpc) is 2.65. The minimum Gasteiger partial charge on any atom is -0.345 e. The monoisotopic (exact) mass is 289 g/mol. The Morgan fingerprint density at radius 2 is 2.19 bits per heavy atom. The number of anilines is 1. The fourth-order valence-corrected chi connectivity index (χ4v) is 2.53. The summed E-state index contributed by atoms with van der Waals surface area (Å²) in [7, 11) is 1.77. The topological polar surface area (TPSA) is 61.4 Å². The Bertz CT molecular complexity index is 530. The van der Waals surface area contributed by atoms with E-state index in [4.69, 9.17) is 0 Å². The third-order valence-corrected chi connectivity index (χ3v) is 3.97. The molecule has 1 aliphatic rings. The first-order valence-corrected chi connectivity index (χ1v) is 7.42. The van der Waals surface area contributed by atoms with Gasteiger partial charge in [-0.25, -0.2) is 0 Å². The number of nitrogens with one attached hydrogen (secondary N) is 2. The Labute approximate surface area is 125 Å². The minimum absolute atomic E-state index is 0.00654.